The predicted octanol–water partition coefficient (Wildman–Crippen LogP) is 0.902. The average molecular weight is 251 g/mol. The normalized spacial score (nSPS) is 19.5. The molecule has 5 nitrogen and oxygen atoms in total. The van der Waals surface area contributed by atoms with Crippen molar-refractivity contribution in [1.82, 2.24) is 15.4 Å². The molecular formula is C13H21N3O2. The van der Waals surface area contributed by atoms with E-state index in [1.807, 2.05) is 25.8 Å². The molecule has 5 heteroatoms. The molecule has 0 saturated carbocycles. The smallest absolute Gasteiger partial charge is 0.227 e. The second kappa shape index (κ2) is 5.52. The van der Waals surface area contributed by atoms with E-state index in [4.69, 9.17) is 4.52 Å². The molecule has 1 amide bonds. The van der Waals surface area contributed by atoms with Crippen molar-refractivity contribution in [2.75, 3.05) is 26.7 Å². The highest BCUT2D eigenvalue weighted by molar-refractivity contribution is 5.79. The summed E-state index contributed by atoms with van der Waals surface area (Å²) in [4.78, 5) is 14.2. The molecule has 18 heavy (non-hydrogen) atoms. The van der Waals surface area contributed by atoms with Gasteiger partial charge in [-0.2, -0.15) is 0 Å². The van der Waals surface area contributed by atoms with Crippen LogP contribution in [0.4, 0.5) is 0 Å². The number of aryl methyl sites for hydroxylation is 2. The second-order valence-corrected chi connectivity index (χ2v) is 5.03. The van der Waals surface area contributed by atoms with Gasteiger partial charge in [0.2, 0.25) is 5.91 Å². The highest BCUT2D eigenvalue weighted by Gasteiger charge is 2.26. The summed E-state index contributed by atoms with van der Waals surface area (Å²) in [6.07, 6.45) is 1.50. The first-order chi connectivity index (χ1) is 8.61. The minimum absolute atomic E-state index is 0.183. The van der Waals surface area contributed by atoms with Crippen LogP contribution in [0.3, 0.4) is 0 Å². The third-order valence-corrected chi connectivity index (χ3v) is 3.64. The SMILES string of the molecule is CNCC1CCN(C(=O)Cc2c(C)noc2C)C1. The van der Waals surface area contributed by atoms with E-state index in [9.17, 15) is 4.79 Å². The zero-order valence-electron chi connectivity index (χ0n) is 11.3. The van der Waals surface area contributed by atoms with Crippen LogP contribution in [0, 0.1) is 19.8 Å². The van der Waals surface area contributed by atoms with Gasteiger partial charge in [-0.25, -0.2) is 0 Å². The van der Waals surface area contributed by atoms with Gasteiger partial charge in [0.25, 0.3) is 0 Å². The number of rotatable bonds is 4. The Labute approximate surface area is 108 Å². The van der Waals surface area contributed by atoms with E-state index >= 15 is 0 Å². The molecule has 1 aromatic rings. The Balaban J connectivity index is 1.93. The lowest BCUT2D eigenvalue weighted by molar-refractivity contribution is -0.129. The number of hydrogen-bond acceptors (Lipinski definition) is 4. The molecule has 100 valence electrons. The maximum absolute atomic E-state index is 12.2. The van der Waals surface area contributed by atoms with Crippen LogP contribution >= 0.6 is 0 Å². The van der Waals surface area contributed by atoms with Crippen LogP contribution in [0.25, 0.3) is 0 Å². The lowest BCUT2D eigenvalue weighted by Gasteiger charge is -2.16. The molecule has 0 aliphatic carbocycles. The fraction of sp³-hybridized carbons (Fsp3) is 0.692. The Morgan fingerprint density at radius 3 is 2.94 bits per heavy atom. The van der Waals surface area contributed by atoms with Crippen molar-refractivity contribution in [2.45, 2.75) is 26.7 Å². The summed E-state index contributed by atoms with van der Waals surface area (Å²) < 4.78 is 5.09. The summed E-state index contributed by atoms with van der Waals surface area (Å²) in [6.45, 7) is 6.45. The maximum Gasteiger partial charge on any atom is 0.227 e. The van der Waals surface area contributed by atoms with E-state index in [2.05, 4.69) is 10.5 Å². The molecule has 1 fully saturated rings. The molecule has 2 heterocycles. The number of amides is 1. The Bertz CT molecular complexity index is 408. The van der Waals surface area contributed by atoms with Crippen molar-refractivity contribution in [3.63, 3.8) is 0 Å². The highest BCUT2D eigenvalue weighted by atomic mass is 16.5. The molecule has 1 aromatic heterocycles. The van der Waals surface area contributed by atoms with Crippen molar-refractivity contribution < 1.29 is 9.32 Å². The van der Waals surface area contributed by atoms with E-state index in [0.29, 0.717) is 12.3 Å². The number of carbonyl (C=O) groups excluding carboxylic acids is 1. The molecule has 0 bridgehead atoms. The number of likely N-dealkylation sites (tertiary alicyclic amines) is 1. The van der Waals surface area contributed by atoms with Gasteiger partial charge in [-0.05, 0) is 39.8 Å². The Hall–Kier alpha value is -1.36. The summed E-state index contributed by atoms with van der Waals surface area (Å²) in [6, 6.07) is 0. The molecule has 1 saturated heterocycles. The van der Waals surface area contributed by atoms with E-state index in [1.54, 1.807) is 0 Å². The van der Waals surface area contributed by atoms with Gasteiger partial charge in [-0.15, -0.1) is 0 Å². The van der Waals surface area contributed by atoms with Gasteiger partial charge in [0, 0.05) is 18.7 Å². The van der Waals surface area contributed by atoms with Crippen LogP contribution in [0.15, 0.2) is 4.52 Å². The highest BCUT2D eigenvalue weighted by Crippen LogP contribution is 2.19. The third kappa shape index (κ3) is 2.72. The van der Waals surface area contributed by atoms with Gasteiger partial charge in [0.1, 0.15) is 5.76 Å². The molecule has 1 N–H and O–H groups in total. The van der Waals surface area contributed by atoms with Gasteiger partial charge in [-0.3, -0.25) is 4.79 Å². The molecule has 1 unspecified atom stereocenters. The number of nitrogens with zero attached hydrogens (tertiary/aromatic N) is 2. The minimum atomic E-state index is 0.183. The first-order valence-electron chi connectivity index (χ1n) is 6.46. The summed E-state index contributed by atoms with van der Waals surface area (Å²) >= 11 is 0. The van der Waals surface area contributed by atoms with E-state index in [0.717, 1.165) is 43.1 Å². The Morgan fingerprint density at radius 1 is 1.56 bits per heavy atom. The van der Waals surface area contributed by atoms with E-state index < -0.39 is 0 Å². The minimum Gasteiger partial charge on any atom is -0.361 e. The quantitative estimate of drug-likeness (QED) is 0.864. The van der Waals surface area contributed by atoms with Gasteiger partial charge >= 0.3 is 0 Å². The third-order valence-electron chi connectivity index (χ3n) is 3.64. The van der Waals surface area contributed by atoms with Crippen LogP contribution in [-0.4, -0.2) is 42.6 Å². The lowest BCUT2D eigenvalue weighted by Crippen LogP contribution is -2.31. The van der Waals surface area contributed by atoms with Crippen molar-refractivity contribution in [3.8, 4) is 0 Å². The number of nitrogens with one attached hydrogen (secondary N) is 1. The van der Waals surface area contributed by atoms with Crippen molar-refractivity contribution >= 4 is 5.91 Å². The monoisotopic (exact) mass is 251 g/mol. The summed E-state index contributed by atoms with van der Waals surface area (Å²) in [5, 5.41) is 7.05. The van der Waals surface area contributed by atoms with Crippen LogP contribution in [0.5, 0.6) is 0 Å². The van der Waals surface area contributed by atoms with Crippen LogP contribution in [-0.2, 0) is 11.2 Å². The molecule has 1 atom stereocenters. The molecule has 0 aromatic carbocycles. The average Bonchev–Trinajstić information content (AvgIpc) is 2.91. The first kappa shape index (κ1) is 13.1. The van der Waals surface area contributed by atoms with Crippen LogP contribution in [0.2, 0.25) is 0 Å². The summed E-state index contributed by atoms with van der Waals surface area (Å²) in [5.74, 6) is 1.53. The van der Waals surface area contributed by atoms with Gasteiger partial charge < -0.3 is 14.7 Å². The first-order valence-corrected chi connectivity index (χ1v) is 6.46. The van der Waals surface area contributed by atoms with Crippen LogP contribution in [0.1, 0.15) is 23.4 Å². The van der Waals surface area contributed by atoms with Crippen LogP contribution < -0.4 is 5.32 Å². The second-order valence-electron chi connectivity index (χ2n) is 5.03. The van der Waals surface area contributed by atoms with E-state index in [1.165, 1.54) is 0 Å². The lowest BCUT2D eigenvalue weighted by atomic mass is 10.1. The maximum atomic E-state index is 12.2. The summed E-state index contributed by atoms with van der Waals surface area (Å²) in [7, 11) is 1.95. The zero-order valence-corrected chi connectivity index (χ0v) is 11.3. The Morgan fingerprint density at radius 2 is 2.33 bits per heavy atom. The van der Waals surface area contributed by atoms with Gasteiger partial charge in [-0.1, -0.05) is 5.16 Å². The number of aromatic nitrogens is 1. The molecule has 0 radical (unpaired) electrons. The zero-order chi connectivity index (χ0) is 13.1. The molecule has 1 aliphatic rings. The fourth-order valence-electron chi connectivity index (χ4n) is 2.53. The standard InChI is InChI=1S/C13H21N3O2/c1-9-12(10(2)18-15-9)6-13(17)16-5-4-11(8-16)7-14-3/h11,14H,4-8H2,1-3H3. The van der Waals surface area contributed by atoms with Gasteiger partial charge in [0.05, 0.1) is 12.1 Å². The number of hydrogen-bond donors (Lipinski definition) is 1. The largest absolute Gasteiger partial charge is 0.361 e. The van der Waals surface area contributed by atoms with E-state index in [-0.39, 0.29) is 5.91 Å². The fourth-order valence-corrected chi connectivity index (χ4v) is 2.53. The van der Waals surface area contributed by atoms with Gasteiger partial charge in [0.15, 0.2) is 0 Å². The van der Waals surface area contributed by atoms with Crippen molar-refractivity contribution in [3.05, 3.63) is 17.0 Å². The molecule has 2 rings (SSSR count). The Kier molecular flexibility index (Phi) is 4.01. The van der Waals surface area contributed by atoms with Crippen molar-refractivity contribution in [1.29, 1.82) is 0 Å². The molecule has 1 aliphatic heterocycles. The summed E-state index contributed by atoms with van der Waals surface area (Å²) in [5.41, 5.74) is 1.77. The number of carbonyl (C=O) groups is 1. The molecule has 0 spiro atoms. The van der Waals surface area contributed by atoms with Crippen molar-refractivity contribution in [2.24, 2.45) is 5.92 Å². The predicted molar refractivity (Wildman–Crippen MR) is 68.3 cm³/mol. The topological polar surface area (TPSA) is 58.4 Å². The molecular weight excluding hydrogens is 230 g/mol.